The van der Waals surface area contributed by atoms with Crippen LogP contribution in [0.15, 0.2) is 0 Å². The Morgan fingerprint density at radius 3 is 2.09 bits per heavy atom. The molecule has 0 saturated carbocycles. The quantitative estimate of drug-likeness (QED) is 0.464. The Bertz CT molecular complexity index is 183. The third kappa shape index (κ3) is 6.15. The van der Waals surface area contributed by atoms with Gasteiger partial charge in [0.1, 0.15) is 11.2 Å². The monoisotopic (exact) mass is 209 g/mol. The molecule has 0 fully saturated rings. The van der Waals surface area contributed by atoms with Crippen LogP contribution in [0.1, 0.15) is 0 Å². The summed E-state index contributed by atoms with van der Waals surface area (Å²) in [4.78, 5) is 10.2. The van der Waals surface area contributed by atoms with E-state index < -0.39 is 0 Å². The predicted molar refractivity (Wildman–Crippen MR) is 29.5 cm³/mol. The minimum absolute atomic E-state index is 0. The normalized spacial score (nSPS) is 6.64. The number of aromatic nitrogens is 3. The van der Waals surface area contributed by atoms with E-state index in [1.807, 2.05) is 0 Å². The van der Waals surface area contributed by atoms with Crippen molar-refractivity contribution in [3.63, 3.8) is 0 Å². The molecule has 0 bridgehead atoms. The van der Waals surface area contributed by atoms with E-state index in [1.165, 1.54) is 0 Å². The molecule has 0 amide bonds. The van der Waals surface area contributed by atoms with Gasteiger partial charge in [0.25, 0.3) is 0 Å². The summed E-state index contributed by atoms with van der Waals surface area (Å²) in [6, 6.07) is 0. The molecule has 0 unspecified atom stereocenters. The molecule has 0 aliphatic heterocycles. The summed E-state index contributed by atoms with van der Waals surface area (Å²) >= 11 is 5.27. The van der Waals surface area contributed by atoms with E-state index in [2.05, 4.69) is 21.3 Å². The van der Waals surface area contributed by atoms with Crippen LogP contribution in [0.5, 0.6) is 0 Å². The smallest absolute Gasteiger partial charge is 2.00 e. The maximum Gasteiger partial charge on any atom is 4.00 e. The van der Waals surface area contributed by atoms with E-state index in [0.717, 1.165) is 0 Å². The molecule has 1 aromatic heterocycles. The van der Waals surface area contributed by atoms with Gasteiger partial charge in [-0.3, -0.25) is 0 Å². The van der Waals surface area contributed by atoms with E-state index in [9.17, 15) is 0 Å². The topological polar surface area (TPSA) is 122 Å². The average Bonchev–Trinajstić information content (AvgIpc) is 1.64. The maximum atomic E-state index is 5.27. The Morgan fingerprint density at radius 2 is 1.82 bits per heavy atom. The van der Waals surface area contributed by atoms with Crippen molar-refractivity contribution in [1.82, 2.24) is 15.0 Å². The van der Waals surface area contributed by atoms with Crippen molar-refractivity contribution in [3.05, 3.63) is 11.6 Å². The van der Waals surface area contributed by atoms with Crippen LogP contribution in [0, 0.1) is 6.33 Å². The molecule has 0 spiro atoms. The molecule has 0 aromatic carbocycles. The molecule has 0 aliphatic carbocycles. The van der Waals surface area contributed by atoms with Gasteiger partial charge in [0.05, 0.1) is 0 Å². The molecule has 0 atom stereocenters. The van der Waals surface area contributed by atoms with Gasteiger partial charge in [0.15, 0.2) is 0 Å². The van der Waals surface area contributed by atoms with E-state index in [0.29, 0.717) is 0 Å². The van der Waals surface area contributed by atoms with Gasteiger partial charge in [-0.05, 0) is 0 Å². The van der Waals surface area contributed by atoms with Crippen LogP contribution in [0.2, 0.25) is 5.28 Å². The van der Waals surface area contributed by atoms with Crippen LogP contribution in [0.25, 0.3) is 0 Å². The fourth-order valence-corrected chi connectivity index (χ4v) is 0.386. The molecule has 1 heterocycles. The molecule has 1 rings (SSSR count). The Balaban J connectivity index is -0.000000213. The number of nitrogens with two attached hydrogens (primary N) is 1. The Kier molecular flexibility index (Phi) is 12.1. The van der Waals surface area contributed by atoms with E-state index in [1.54, 1.807) is 0 Å². The summed E-state index contributed by atoms with van der Waals surface area (Å²) in [7, 11) is 0. The van der Waals surface area contributed by atoms with Crippen LogP contribution < -0.4 is 5.73 Å². The minimum Gasteiger partial charge on any atom is -2.00 e. The molecule has 0 saturated heterocycles. The van der Waals surface area contributed by atoms with Gasteiger partial charge in [-0.15, -0.1) is 11.6 Å². The van der Waals surface area contributed by atoms with Crippen LogP contribution >= 0.6 is 11.6 Å². The van der Waals surface area contributed by atoms with Gasteiger partial charge in [-0.25, -0.2) is 0 Å². The van der Waals surface area contributed by atoms with E-state index >= 15 is 0 Å². The van der Waals surface area contributed by atoms with Crippen molar-refractivity contribution < 1.29 is 32.7 Å². The summed E-state index contributed by atoms with van der Waals surface area (Å²) < 4.78 is 0. The molecule has 6 nitrogen and oxygen atoms in total. The third-order valence-electron chi connectivity index (χ3n) is 0.514. The first-order chi connectivity index (χ1) is 3.79. The SMILES string of the molecule is Nc1n[c-]nc(Cl)n1.[O-2].[O-2].[Ti+4]. The van der Waals surface area contributed by atoms with Crippen molar-refractivity contribution in [1.29, 1.82) is 0 Å². The zero-order valence-electron chi connectivity index (χ0n) is 5.11. The fourth-order valence-electron chi connectivity index (χ4n) is 0.262. The number of hydrogen-bond donors (Lipinski definition) is 1. The number of hydrogen-bond acceptors (Lipinski definition) is 4. The second kappa shape index (κ2) is 7.84. The number of halogens is 1. The molecular formula is C3H2ClN4O2Ti-. The molecule has 11 heavy (non-hydrogen) atoms. The standard InChI is InChI=1S/C3H2ClN4.2O.Ti/c4-2-6-1-7-3(5)8-2;;;/h(H2,5,6,7,8);;;/q-1;2*-2;+4. The van der Waals surface area contributed by atoms with Crippen LogP contribution in [-0.4, -0.2) is 15.0 Å². The van der Waals surface area contributed by atoms with Gasteiger partial charge in [0, 0.05) is 6.33 Å². The van der Waals surface area contributed by atoms with Crippen molar-refractivity contribution in [2.45, 2.75) is 0 Å². The van der Waals surface area contributed by atoms with Crippen molar-refractivity contribution >= 4 is 17.5 Å². The van der Waals surface area contributed by atoms with Gasteiger partial charge >= 0.3 is 21.7 Å². The summed E-state index contributed by atoms with van der Waals surface area (Å²) in [5.41, 5.74) is 5.08. The molecule has 2 N–H and O–H groups in total. The Hall–Kier alpha value is -0.266. The first kappa shape index (κ1) is 17.0. The van der Waals surface area contributed by atoms with Gasteiger partial charge in [-0.2, -0.15) is 0 Å². The maximum absolute atomic E-state index is 5.27. The van der Waals surface area contributed by atoms with Gasteiger partial charge in [-0.1, -0.05) is 0 Å². The molecule has 58 valence electrons. The summed E-state index contributed by atoms with van der Waals surface area (Å²) in [5.74, 6) is 0.0880. The number of rotatable bonds is 0. The Morgan fingerprint density at radius 1 is 1.27 bits per heavy atom. The number of nitrogen functional groups attached to an aromatic ring is 1. The first-order valence-electron chi connectivity index (χ1n) is 1.82. The third-order valence-corrected chi connectivity index (χ3v) is 0.683. The first-order valence-corrected chi connectivity index (χ1v) is 2.20. The van der Waals surface area contributed by atoms with Crippen LogP contribution in [-0.2, 0) is 32.7 Å². The van der Waals surface area contributed by atoms with Gasteiger partial charge in [0.2, 0.25) is 0 Å². The van der Waals surface area contributed by atoms with E-state index in [-0.39, 0.29) is 43.9 Å². The van der Waals surface area contributed by atoms with Gasteiger partial charge < -0.3 is 31.6 Å². The van der Waals surface area contributed by atoms with E-state index in [4.69, 9.17) is 17.3 Å². The van der Waals surface area contributed by atoms with Crippen LogP contribution in [0.3, 0.4) is 0 Å². The molecular weight excluding hydrogens is 207 g/mol. The minimum atomic E-state index is 0. The fraction of sp³-hybridized carbons (Fsp3) is 0. The molecule has 8 heteroatoms. The van der Waals surface area contributed by atoms with Crippen molar-refractivity contribution in [2.24, 2.45) is 0 Å². The number of anilines is 1. The molecule has 1 aromatic rings. The summed E-state index contributed by atoms with van der Waals surface area (Å²) in [6.45, 7) is 0. The Labute approximate surface area is 82.7 Å². The summed E-state index contributed by atoms with van der Waals surface area (Å²) in [5, 5.41) is 0.0671. The number of nitrogens with zero attached hydrogens (tertiary/aromatic N) is 3. The molecule has 0 radical (unpaired) electrons. The largest absolute Gasteiger partial charge is 4.00 e. The van der Waals surface area contributed by atoms with Crippen molar-refractivity contribution in [2.75, 3.05) is 5.73 Å². The second-order valence-corrected chi connectivity index (χ2v) is 1.40. The summed E-state index contributed by atoms with van der Waals surface area (Å²) in [6.07, 6.45) is 2.21. The average molecular weight is 209 g/mol. The van der Waals surface area contributed by atoms with Crippen LogP contribution in [0.4, 0.5) is 5.95 Å². The second-order valence-electron chi connectivity index (χ2n) is 1.06. The molecule has 0 aliphatic rings. The zero-order chi connectivity index (χ0) is 5.98. The van der Waals surface area contributed by atoms with Crippen molar-refractivity contribution in [3.8, 4) is 0 Å². The predicted octanol–water partition coefficient (Wildman–Crippen LogP) is -0.333. The zero-order valence-corrected chi connectivity index (χ0v) is 7.43.